The van der Waals surface area contributed by atoms with E-state index in [1.165, 1.54) is 95.1 Å². The van der Waals surface area contributed by atoms with Gasteiger partial charge in [-0.25, -0.2) is 35.1 Å². The van der Waals surface area contributed by atoms with Gasteiger partial charge in [-0.15, -0.1) is 0 Å². The van der Waals surface area contributed by atoms with Crippen molar-refractivity contribution in [2.45, 2.75) is 140 Å². The molecule has 0 fully saturated rings. The summed E-state index contributed by atoms with van der Waals surface area (Å²) in [5.41, 5.74) is 4.81. The molecule has 0 bridgehead atoms. The quantitative estimate of drug-likeness (QED) is 0.0520. The number of aromatic hydroxyl groups is 5. The van der Waals surface area contributed by atoms with E-state index in [0.717, 1.165) is 63.6 Å². The average molecular weight is 1680 g/mol. The van der Waals surface area contributed by atoms with E-state index >= 15 is 0 Å². The first-order valence-corrected chi connectivity index (χ1v) is 43.5. The van der Waals surface area contributed by atoms with E-state index in [0.29, 0.717) is 9.79 Å². The lowest BCUT2D eigenvalue weighted by molar-refractivity contribution is 0.394. The van der Waals surface area contributed by atoms with Crippen LogP contribution in [0.15, 0.2) is 425 Å². The van der Waals surface area contributed by atoms with E-state index < -0.39 is 95.8 Å². The summed E-state index contributed by atoms with van der Waals surface area (Å²) in [6, 6.07) is 106. The Morgan fingerprint density at radius 3 is 0.585 bits per heavy atom. The fraction of sp³-hybridized carbons (Fsp3) is 0.100. The van der Waals surface area contributed by atoms with Gasteiger partial charge in [0.2, 0.25) is 0 Å². The standard InChI is InChI=1S/C26H28F2OS.C20H17FOS.2C18H12F2OS.C18H13FOS/c1-25(2,3)17-7-11-19(12-8-17)30(21-15-22(27)24(29)23(28)16-21)20-13-9-18(10-14-20)26(4,5)6;1-14-3-7-16(8-4-14)23(17-9-5-15(2)6-10-17)18-11-12-20(22)19(21)13-18;19-16-11-15(12-17(20)18(16)21)22(13-7-3-1-4-8-13)14-9-5-2-6-10-14;19-13-6-8-15(9-7-13)22(14-4-2-1-3-5-14)16-10-11-18(21)17(20)12-16;19-17-13-16(11-12-18(17)20)21(14-7-3-1-4-8-14)15-9-5-2-6-10-15/h7-16H,1-6H3;3-13H,1-2H3;2*1-12H;1-13H/p+5. The number of hydrogen-bond donors (Lipinski definition) is 5. The monoisotopic (exact) mass is 1680 g/mol. The Morgan fingerprint density at radius 1 is 0.195 bits per heavy atom. The van der Waals surface area contributed by atoms with Gasteiger partial charge in [0.1, 0.15) is 5.82 Å². The Labute approximate surface area is 699 Å². The molecule has 0 aliphatic carbocycles. The Hall–Kier alpha value is -11.5. The van der Waals surface area contributed by atoms with Crippen LogP contribution in [-0.2, 0) is 65.3 Å². The predicted molar refractivity (Wildman–Crippen MR) is 462 cm³/mol. The molecule has 0 aliphatic heterocycles. The normalized spacial score (nSPS) is 11.5. The molecule has 0 spiro atoms. The minimum absolute atomic E-state index is 0.0161. The van der Waals surface area contributed by atoms with Gasteiger partial charge in [-0.2, -0.15) is 0 Å². The van der Waals surface area contributed by atoms with Gasteiger partial charge in [0, 0.05) is 42.5 Å². The third kappa shape index (κ3) is 22.8. The van der Waals surface area contributed by atoms with Crippen molar-refractivity contribution in [3.63, 3.8) is 0 Å². The van der Waals surface area contributed by atoms with Gasteiger partial charge in [0.05, 0.1) is 54.5 Å². The van der Waals surface area contributed by atoms with Gasteiger partial charge < -0.3 is 25.5 Å². The fourth-order valence-electron chi connectivity index (χ4n) is 12.1. The summed E-state index contributed by atoms with van der Waals surface area (Å²) >= 11 is 0. The molecule has 0 heterocycles. The second-order valence-corrected chi connectivity index (χ2v) is 39.2. The lowest BCUT2D eigenvalue weighted by Gasteiger charge is -2.20. The van der Waals surface area contributed by atoms with Crippen LogP contribution in [0.25, 0.3) is 0 Å². The zero-order valence-corrected chi connectivity index (χ0v) is 69.9. The fourth-order valence-corrected chi connectivity index (χ4v) is 22.5. The summed E-state index contributed by atoms with van der Waals surface area (Å²) in [6.45, 7) is 17.0. The van der Waals surface area contributed by atoms with E-state index in [2.05, 4.69) is 114 Å². The zero-order valence-electron chi connectivity index (χ0n) is 65.8. The van der Waals surface area contributed by atoms with Crippen LogP contribution in [0.2, 0.25) is 0 Å². The molecule has 5 N–H and O–H groups in total. The van der Waals surface area contributed by atoms with Crippen molar-refractivity contribution in [1.82, 2.24) is 0 Å². The zero-order chi connectivity index (χ0) is 84.4. The summed E-state index contributed by atoms with van der Waals surface area (Å²) in [7, 11) is -2.68. The highest BCUT2D eigenvalue weighted by molar-refractivity contribution is 7.98. The number of phenols is 5. The predicted octanol–water partition coefficient (Wildman–Crippen LogP) is 26.8. The molecule has 0 radical (unpaired) electrons. The first-order valence-electron chi connectivity index (χ1n) is 37.4. The Morgan fingerprint density at radius 2 is 0.373 bits per heavy atom. The Balaban J connectivity index is 0.000000145. The van der Waals surface area contributed by atoms with Crippen molar-refractivity contribution in [3.8, 4) is 28.7 Å². The highest BCUT2D eigenvalue weighted by Gasteiger charge is 2.36. The molecule has 598 valence electrons. The van der Waals surface area contributed by atoms with Crippen LogP contribution in [0.5, 0.6) is 28.7 Å². The van der Waals surface area contributed by atoms with E-state index in [1.807, 2.05) is 190 Å². The lowest BCUT2D eigenvalue weighted by Crippen LogP contribution is -2.13. The lowest BCUT2D eigenvalue weighted by atomic mass is 9.87. The van der Waals surface area contributed by atoms with E-state index in [-0.39, 0.29) is 44.8 Å². The minimum atomic E-state index is -0.945. The van der Waals surface area contributed by atoms with Gasteiger partial charge in [-0.05, 0) is 206 Å². The smallest absolute Gasteiger partial charge is 0.188 e. The summed E-state index contributed by atoms with van der Waals surface area (Å²) in [4.78, 5) is 13.7. The molecule has 0 amide bonds. The first-order chi connectivity index (χ1) is 56.5. The number of benzene rings is 15. The molecule has 0 saturated heterocycles. The van der Waals surface area contributed by atoms with Gasteiger partial charge in [0.25, 0.3) is 0 Å². The molecule has 0 aliphatic rings. The second-order valence-electron chi connectivity index (χ2n) is 29.0. The average Bonchev–Trinajstić information content (AvgIpc) is 0.793. The summed E-state index contributed by atoms with van der Waals surface area (Å²) in [5.74, 6) is -8.80. The van der Waals surface area contributed by atoms with Crippen LogP contribution in [0.4, 0.5) is 35.1 Å². The SMILES string of the molecule is CC(C)(C)c1ccc([S+](c2ccc(C(C)(C)C)cc2)c2cc(F)c(O)c(F)c2)cc1.Cc1ccc([S+](c2ccc(C)cc2)c2ccc(O)c(F)c2)cc1.Oc1c(F)cc([S+](c2ccccc2)c2ccccc2)cc1F.Oc1ccc([S+](c2ccccc2)c2ccc(F)cc2)cc1F.Oc1ccc([S+](c2ccccc2)c2ccccc2)cc1F. The summed E-state index contributed by atoms with van der Waals surface area (Å²) in [6.07, 6.45) is 0. The molecule has 15 aromatic rings. The maximum atomic E-state index is 14.2. The van der Waals surface area contributed by atoms with Crippen molar-refractivity contribution in [2.24, 2.45) is 0 Å². The van der Waals surface area contributed by atoms with Crippen LogP contribution >= 0.6 is 0 Å². The number of rotatable bonds is 15. The number of aryl methyl sites for hydroxylation is 2. The Bertz CT molecular complexity index is 5550. The molecular formula is C100H87F8O5S5+5. The molecule has 18 heteroatoms. The van der Waals surface area contributed by atoms with E-state index in [1.54, 1.807) is 30.3 Å². The van der Waals surface area contributed by atoms with Gasteiger partial charge in [0.15, 0.2) is 143 Å². The minimum Gasteiger partial charge on any atom is -0.505 e. The molecule has 0 saturated carbocycles. The topological polar surface area (TPSA) is 101 Å². The number of halogens is 8. The third-order valence-corrected chi connectivity index (χ3v) is 29.3. The molecular weight excluding hydrogens is 1590 g/mol. The number of hydrogen-bond acceptors (Lipinski definition) is 5. The molecule has 5 nitrogen and oxygen atoms in total. The third-order valence-electron chi connectivity index (χ3n) is 18.3. The van der Waals surface area contributed by atoms with Crippen molar-refractivity contribution in [2.75, 3.05) is 0 Å². The van der Waals surface area contributed by atoms with Crippen LogP contribution in [0.3, 0.4) is 0 Å². The Kier molecular flexibility index (Phi) is 29.7. The van der Waals surface area contributed by atoms with Crippen molar-refractivity contribution < 1.29 is 60.7 Å². The van der Waals surface area contributed by atoms with Gasteiger partial charge >= 0.3 is 0 Å². The van der Waals surface area contributed by atoms with Crippen LogP contribution in [0, 0.1) is 60.4 Å². The van der Waals surface area contributed by atoms with Crippen LogP contribution in [-0.4, -0.2) is 25.5 Å². The molecule has 1 atom stereocenters. The molecule has 15 rings (SSSR count). The van der Waals surface area contributed by atoms with Crippen LogP contribution in [0.1, 0.15) is 63.8 Å². The first kappa shape index (κ1) is 87.3. The van der Waals surface area contributed by atoms with Gasteiger partial charge in [-0.3, -0.25) is 0 Å². The molecule has 15 aromatic carbocycles. The maximum Gasteiger partial charge on any atom is 0.188 e. The van der Waals surface area contributed by atoms with Gasteiger partial charge in [-0.1, -0.05) is 192 Å². The largest absolute Gasteiger partial charge is 0.505 e. The van der Waals surface area contributed by atoms with E-state index in [4.69, 9.17) is 0 Å². The maximum absolute atomic E-state index is 14.2. The summed E-state index contributed by atoms with van der Waals surface area (Å²) in [5, 5.41) is 47.1. The van der Waals surface area contributed by atoms with E-state index in [9.17, 15) is 60.7 Å². The van der Waals surface area contributed by atoms with Crippen LogP contribution < -0.4 is 0 Å². The number of phenolic OH excluding ortho intramolecular Hbond substituents is 5. The summed E-state index contributed by atoms with van der Waals surface area (Å²) < 4.78 is 110. The second kappa shape index (κ2) is 40.1. The van der Waals surface area contributed by atoms with Crippen molar-refractivity contribution >= 4 is 54.5 Å². The molecule has 1 unspecified atom stereocenters. The molecule has 118 heavy (non-hydrogen) atoms. The highest BCUT2D eigenvalue weighted by Crippen LogP contribution is 2.41. The van der Waals surface area contributed by atoms with Crippen molar-refractivity contribution in [1.29, 1.82) is 0 Å². The highest BCUT2D eigenvalue weighted by atomic mass is 32.2. The molecule has 0 aromatic heterocycles. The van der Waals surface area contributed by atoms with Crippen molar-refractivity contribution in [3.05, 3.63) is 421 Å².